The Labute approximate surface area is 605 Å². The summed E-state index contributed by atoms with van der Waals surface area (Å²) < 4.78 is 22.4. The predicted molar refractivity (Wildman–Crippen MR) is 443 cm³/mol. The third-order valence-electron chi connectivity index (χ3n) is 22.8. The van der Waals surface area contributed by atoms with Gasteiger partial charge in [0.1, 0.15) is 11.2 Å². The molecule has 0 N–H and O–H groups in total. The Morgan fingerprint density at radius 1 is 0.233 bits per heavy atom. The Kier molecular flexibility index (Phi) is 12.5. The molecule has 0 atom stereocenters. The van der Waals surface area contributed by atoms with Gasteiger partial charge in [0.25, 0.3) is 0 Å². The highest BCUT2D eigenvalue weighted by atomic mass is 32.1. The number of aromatic nitrogens is 3. The van der Waals surface area contributed by atoms with E-state index in [-0.39, 0.29) is 10.8 Å². The van der Waals surface area contributed by atoms with Gasteiger partial charge >= 0.3 is 0 Å². The molecule has 0 saturated carbocycles. The van der Waals surface area contributed by atoms with E-state index < -0.39 is 0 Å². The lowest BCUT2D eigenvalue weighted by Gasteiger charge is -2.21. The van der Waals surface area contributed by atoms with Crippen molar-refractivity contribution in [2.45, 2.75) is 38.5 Å². The molecule has 0 spiro atoms. The highest BCUT2D eigenvalue weighted by Crippen LogP contribution is 2.57. The first-order valence-corrected chi connectivity index (χ1v) is 38.0. The quantitative estimate of drug-likeness (QED) is 0.173. The van der Waals surface area contributed by atoms with Crippen LogP contribution in [-0.2, 0) is 10.8 Å². The van der Waals surface area contributed by atoms with Gasteiger partial charge in [0.05, 0.1) is 38.5 Å². The predicted octanol–water partition coefficient (Wildman–Crippen LogP) is 28.0. The second-order valence-corrected chi connectivity index (χ2v) is 32.0. The highest BCUT2D eigenvalue weighted by Gasteiger charge is 2.39. The molecule has 486 valence electrons. The summed E-state index contributed by atoms with van der Waals surface area (Å²) in [6.07, 6.45) is 0. The van der Waals surface area contributed by atoms with Crippen LogP contribution in [0.2, 0.25) is 0 Å². The van der Waals surface area contributed by atoms with Crippen molar-refractivity contribution in [2.75, 3.05) is 0 Å². The second-order valence-electron chi connectivity index (χ2n) is 28.9. The van der Waals surface area contributed by atoms with Gasteiger partial charge in [-0.25, -0.2) is 0 Å². The second kappa shape index (κ2) is 21.8. The van der Waals surface area contributed by atoms with Crippen molar-refractivity contribution in [3.05, 3.63) is 332 Å². The molecule has 0 bridgehead atoms. The summed E-state index contributed by atoms with van der Waals surface area (Å²) >= 11 is 5.82. The van der Waals surface area contributed by atoms with E-state index in [0.29, 0.717) is 0 Å². The summed E-state index contributed by atoms with van der Waals surface area (Å²) in [5.41, 5.74) is 23.9. The summed E-state index contributed by atoms with van der Waals surface area (Å²) in [4.78, 5) is 0. The molecule has 7 heterocycles. The van der Waals surface area contributed by atoms with Crippen LogP contribution in [0.4, 0.5) is 0 Å². The topological polar surface area (TPSA) is 27.9 Å². The van der Waals surface area contributed by atoms with Crippen LogP contribution in [0.25, 0.3) is 187 Å². The summed E-state index contributed by atoms with van der Waals surface area (Å²) in [7, 11) is 0. The summed E-state index contributed by atoms with van der Waals surface area (Å²) in [6, 6.07) is 113. The molecule has 22 aromatic rings. The van der Waals surface area contributed by atoms with Crippen LogP contribution >= 0.6 is 34.0 Å². The van der Waals surface area contributed by atoms with Crippen LogP contribution in [0, 0.1) is 0 Å². The zero-order valence-electron chi connectivity index (χ0n) is 56.9. The maximum atomic E-state index is 6.90. The van der Waals surface area contributed by atoms with E-state index in [2.05, 4.69) is 351 Å². The number of hydrogen-bond donors (Lipinski definition) is 0. The van der Waals surface area contributed by atoms with Gasteiger partial charge in [0, 0.05) is 137 Å². The third-order valence-corrected chi connectivity index (χ3v) is 26.4. The standard InChI is InChI=1S/C33H23NO.C33H23NS.C30H17NS2/c2*1-33(2)25-14-8-6-12-23(25)29-26(33)18-16-21-22-17-19-28-30(32(22)35-31(21)29)24-13-7-9-15-27(24)34(28)20-10-4-3-5-11-20;1-2-8-18(9-3-1)31-23-12-6-4-10-21(23)27-24(31)16-14-19-20-15-17-26-28(30(20)33-29(19)27)22-11-5-7-13-25(22)32-26/h2*3-19H,1-2H3;1-17H. The Hall–Kier alpha value is -11.8. The summed E-state index contributed by atoms with van der Waals surface area (Å²) in [6.45, 7) is 9.36. The molecule has 7 aromatic heterocycles. The van der Waals surface area contributed by atoms with Crippen molar-refractivity contribution in [1.29, 1.82) is 0 Å². The minimum Gasteiger partial charge on any atom is -0.455 e. The first-order chi connectivity index (χ1) is 50.7. The van der Waals surface area contributed by atoms with Crippen molar-refractivity contribution in [3.63, 3.8) is 0 Å². The molecule has 15 aromatic carbocycles. The minimum atomic E-state index is -0.0439. The Balaban J connectivity index is 0.0000000974. The van der Waals surface area contributed by atoms with Gasteiger partial charge in [-0.05, 0) is 124 Å². The summed E-state index contributed by atoms with van der Waals surface area (Å²) in [5, 5.41) is 18.4. The fourth-order valence-corrected chi connectivity index (χ4v) is 22.2. The van der Waals surface area contributed by atoms with Crippen molar-refractivity contribution < 1.29 is 4.42 Å². The number of para-hydroxylation sites is 6. The van der Waals surface area contributed by atoms with E-state index in [1.807, 2.05) is 34.0 Å². The highest BCUT2D eigenvalue weighted by molar-refractivity contribution is 7.30. The number of furan rings is 1. The smallest absolute Gasteiger partial charge is 0.145 e. The number of thiophene rings is 3. The molecule has 0 amide bonds. The maximum absolute atomic E-state index is 6.90. The fraction of sp³-hybridized carbons (Fsp3) is 0.0625. The van der Waals surface area contributed by atoms with E-state index in [1.54, 1.807) is 0 Å². The van der Waals surface area contributed by atoms with Crippen LogP contribution < -0.4 is 0 Å². The lowest BCUT2D eigenvalue weighted by Crippen LogP contribution is -2.14. The SMILES string of the molecule is CC1(C)c2ccccc2-c2c1ccc1c2oc2c1ccc1c2c2ccccc2n1-c1ccccc1.CC1(C)c2ccccc2-c2c1ccc1c2sc2c1ccc1c2c2ccccc2n1-c1ccccc1.c1ccc(-n2c3ccccc3c3c4sc5c(ccc6sc7ccccc7c65)c4ccc32)cc1. The van der Waals surface area contributed by atoms with Crippen molar-refractivity contribution in [3.8, 4) is 39.3 Å². The summed E-state index contributed by atoms with van der Waals surface area (Å²) in [5.74, 6) is 0. The number of benzene rings is 15. The molecule has 2 aliphatic carbocycles. The molecular weight excluding hydrogens is 1310 g/mol. The van der Waals surface area contributed by atoms with E-state index in [4.69, 9.17) is 4.42 Å². The minimum absolute atomic E-state index is 0.0228. The molecule has 0 aliphatic heterocycles. The Bertz CT molecular complexity index is 7060. The van der Waals surface area contributed by atoms with Gasteiger partial charge in [-0.3, -0.25) is 0 Å². The molecule has 0 radical (unpaired) electrons. The van der Waals surface area contributed by atoms with Crippen molar-refractivity contribution in [2.24, 2.45) is 0 Å². The van der Waals surface area contributed by atoms with Gasteiger partial charge in [0.2, 0.25) is 0 Å². The molecule has 0 fully saturated rings. The first-order valence-electron chi connectivity index (χ1n) is 35.6. The average molecular weight is 1370 g/mol. The molecule has 4 nitrogen and oxygen atoms in total. The molecule has 0 unspecified atom stereocenters. The average Bonchev–Trinajstić information content (AvgIpc) is 1.56. The fourth-order valence-electron chi connectivity index (χ4n) is 18.2. The lowest BCUT2D eigenvalue weighted by molar-refractivity contribution is 0.654. The molecule has 0 saturated heterocycles. The Morgan fingerprint density at radius 2 is 0.602 bits per heavy atom. The van der Waals surface area contributed by atoms with E-state index in [0.717, 1.165) is 16.9 Å². The largest absolute Gasteiger partial charge is 0.455 e. The normalized spacial score (nSPS) is 13.6. The van der Waals surface area contributed by atoms with Crippen LogP contribution in [0.15, 0.2) is 314 Å². The van der Waals surface area contributed by atoms with Gasteiger partial charge in [0.15, 0.2) is 0 Å². The van der Waals surface area contributed by atoms with Crippen LogP contribution in [0.1, 0.15) is 49.9 Å². The van der Waals surface area contributed by atoms with Crippen LogP contribution in [0.5, 0.6) is 0 Å². The Morgan fingerprint density at radius 3 is 1.15 bits per heavy atom. The number of rotatable bonds is 3. The number of fused-ring (bicyclic) bond motifs is 33. The van der Waals surface area contributed by atoms with E-state index >= 15 is 0 Å². The monoisotopic (exact) mass is 1370 g/mol. The maximum Gasteiger partial charge on any atom is 0.145 e. The van der Waals surface area contributed by atoms with Gasteiger partial charge < -0.3 is 18.1 Å². The van der Waals surface area contributed by atoms with Gasteiger partial charge in [-0.15, -0.1) is 34.0 Å². The molecule has 2 aliphatic rings. The zero-order valence-corrected chi connectivity index (χ0v) is 59.4. The first kappa shape index (κ1) is 58.9. The van der Waals surface area contributed by atoms with Crippen LogP contribution in [-0.4, -0.2) is 13.7 Å². The van der Waals surface area contributed by atoms with Crippen molar-refractivity contribution >= 4 is 182 Å². The number of hydrogen-bond acceptors (Lipinski definition) is 4. The molecule has 7 heteroatoms. The molecule has 24 rings (SSSR count). The van der Waals surface area contributed by atoms with Crippen molar-refractivity contribution in [1.82, 2.24) is 13.7 Å². The van der Waals surface area contributed by atoms with E-state index in [9.17, 15) is 0 Å². The van der Waals surface area contributed by atoms with Gasteiger partial charge in [-0.1, -0.05) is 246 Å². The van der Waals surface area contributed by atoms with E-state index in [1.165, 1.54) is 193 Å². The number of nitrogens with zero attached hydrogens (tertiary/aromatic N) is 3. The molecule has 103 heavy (non-hydrogen) atoms. The van der Waals surface area contributed by atoms with Gasteiger partial charge in [-0.2, -0.15) is 0 Å². The van der Waals surface area contributed by atoms with Crippen LogP contribution in [0.3, 0.4) is 0 Å². The lowest BCUT2D eigenvalue weighted by atomic mass is 9.82. The third kappa shape index (κ3) is 8.21. The molecular formula is C96H63N3OS3. The zero-order chi connectivity index (χ0) is 68.1.